The quantitative estimate of drug-likeness (QED) is 0.800. The number of ether oxygens (including phenoxy) is 1. The molecule has 0 spiro atoms. The van der Waals surface area contributed by atoms with E-state index < -0.39 is 18.7 Å². The number of hydrogen-bond donors (Lipinski definition) is 0. The molecular formula is C15H18F3NO. The van der Waals surface area contributed by atoms with E-state index in [0.29, 0.717) is 5.75 Å². The monoisotopic (exact) mass is 285 g/mol. The number of rotatable bonds is 5. The van der Waals surface area contributed by atoms with E-state index >= 15 is 0 Å². The highest BCUT2D eigenvalue weighted by atomic mass is 19.4. The Bertz CT molecular complexity index is 471. The minimum absolute atomic E-state index is 0.0136. The predicted octanol–water partition coefficient (Wildman–Crippen LogP) is 4.46. The van der Waals surface area contributed by atoms with E-state index in [9.17, 15) is 13.2 Å². The van der Waals surface area contributed by atoms with Crippen LogP contribution in [0.25, 0.3) is 0 Å². The Labute approximate surface area is 117 Å². The fraction of sp³-hybridized carbons (Fsp3) is 0.533. The number of nitrogens with zero attached hydrogens (tertiary/aromatic N) is 1. The summed E-state index contributed by atoms with van der Waals surface area (Å²) in [5, 5.41) is 8.47. The minimum Gasteiger partial charge on any atom is -0.492 e. The first kappa shape index (κ1) is 16.4. The fourth-order valence-corrected chi connectivity index (χ4v) is 1.59. The van der Waals surface area contributed by atoms with Crippen molar-refractivity contribution in [2.75, 3.05) is 6.61 Å². The Hall–Kier alpha value is -1.70. The molecule has 1 aromatic rings. The zero-order valence-electron chi connectivity index (χ0n) is 11.8. The second-order valence-corrected chi connectivity index (χ2v) is 5.30. The number of hydrogen-bond acceptors (Lipinski definition) is 2. The maximum absolute atomic E-state index is 12.4. The van der Waals surface area contributed by atoms with Gasteiger partial charge in [0.15, 0.2) is 5.92 Å². The fourth-order valence-electron chi connectivity index (χ4n) is 1.59. The van der Waals surface area contributed by atoms with Crippen molar-refractivity contribution in [1.29, 1.82) is 5.26 Å². The van der Waals surface area contributed by atoms with Crippen LogP contribution in [0.15, 0.2) is 24.3 Å². The van der Waals surface area contributed by atoms with Crippen LogP contribution in [0, 0.1) is 17.2 Å². The summed E-state index contributed by atoms with van der Waals surface area (Å²) >= 11 is 0. The van der Waals surface area contributed by atoms with Gasteiger partial charge in [-0.3, -0.25) is 0 Å². The average molecular weight is 285 g/mol. The Morgan fingerprint density at radius 2 is 1.75 bits per heavy atom. The molecule has 110 valence electrons. The summed E-state index contributed by atoms with van der Waals surface area (Å²) in [5.74, 6) is -1.76. The van der Waals surface area contributed by atoms with Crippen LogP contribution < -0.4 is 4.74 Å². The van der Waals surface area contributed by atoms with Crippen molar-refractivity contribution >= 4 is 0 Å². The lowest BCUT2D eigenvalue weighted by Crippen LogP contribution is -2.27. The first-order valence-corrected chi connectivity index (χ1v) is 6.40. The summed E-state index contributed by atoms with van der Waals surface area (Å²) in [5.41, 5.74) is 1.11. The smallest absolute Gasteiger partial charge is 0.407 e. The first-order valence-electron chi connectivity index (χ1n) is 6.40. The molecule has 1 aromatic carbocycles. The molecule has 0 aromatic heterocycles. The number of nitriles is 1. The van der Waals surface area contributed by atoms with Gasteiger partial charge in [0.2, 0.25) is 0 Å². The normalized spacial score (nSPS) is 13.7. The summed E-state index contributed by atoms with van der Waals surface area (Å²) in [6.07, 6.45) is -3.60. The van der Waals surface area contributed by atoms with E-state index in [2.05, 4.69) is 20.8 Å². The Morgan fingerprint density at radius 1 is 1.20 bits per heavy atom. The van der Waals surface area contributed by atoms with Gasteiger partial charge in [-0.05, 0) is 29.5 Å². The van der Waals surface area contributed by atoms with Crippen LogP contribution in [-0.4, -0.2) is 12.8 Å². The highest BCUT2D eigenvalue weighted by molar-refractivity contribution is 5.31. The van der Waals surface area contributed by atoms with Crippen molar-refractivity contribution in [2.45, 2.75) is 38.8 Å². The predicted molar refractivity (Wildman–Crippen MR) is 70.4 cm³/mol. The van der Waals surface area contributed by atoms with Gasteiger partial charge in [0.05, 0.1) is 6.07 Å². The van der Waals surface area contributed by atoms with E-state index in [-0.39, 0.29) is 5.41 Å². The summed E-state index contributed by atoms with van der Waals surface area (Å²) in [6, 6.07) is 8.16. The van der Waals surface area contributed by atoms with E-state index in [1.54, 1.807) is 12.1 Å². The van der Waals surface area contributed by atoms with Gasteiger partial charge < -0.3 is 4.74 Å². The van der Waals surface area contributed by atoms with Gasteiger partial charge in [0.25, 0.3) is 0 Å². The molecule has 0 radical (unpaired) electrons. The summed E-state index contributed by atoms with van der Waals surface area (Å²) < 4.78 is 42.2. The molecule has 0 fully saturated rings. The van der Waals surface area contributed by atoms with Crippen LogP contribution in [0.4, 0.5) is 13.2 Å². The van der Waals surface area contributed by atoms with Gasteiger partial charge in [-0.2, -0.15) is 18.4 Å². The van der Waals surface area contributed by atoms with Crippen molar-refractivity contribution < 1.29 is 17.9 Å². The Balaban J connectivity index is 2.70. The largest absolute Gasteiger partial charge is 0.492 e. The van der Waals surface area contributed by atoms with E-state index in [4.69, 9.17) is 10.00 Å². The molecule has 5 heteroatoms. The molecule has 0 saturated heterocycles. The lowest BCUT2D eigenvalue weighted by molar-refractivity contribution is -0.165. The molecule has 0 aliphatic rings. The van der Waals surface area contributed by atoms with Crippen LogP contribution in [-0.2, 0) is 5.41 Å². The summed E-state index contributed by atoms with van der Waals surface area (Å²) in [7, 11) is 0. The van der Waals surface area contributed by atoms with Gasteiger partial charge in [0, 0.05) is 0 Å². The lowest BCUT2D eigenvalue weighted by atomic mass is 9.82. The van der Waals surface area contributed by atoms with Crippen molar-refractivity contribution in [3.05, 3.63) is 29.8 Å². The number of alkyl halides is 3. The van der Waals surface area contributed by atoms with Crippen molar-refractivity contribution in [3.8, 4) is 11.8 Å². The van der Waals surface area contributed by atoms with Gasteiger partial charge in [-0.25, -0.2) is 0 Å². The van der Waals surface area contributed by atoms with Gasteiger partial charge in [-0.15, -0.1) is 0 Å². The molecule has 0 N–H and O–H groups in total. The molecule has 0 heterocycles. The second-order valence-electron chi connectivity index (χ2n) is 5.30. The van der Waals surface area contributed by atoms with Crippen molar-refractivity contribution in [1.82, 2.24) is 0 Å². The molecule has 20 heavy (non-hydrogen) atoms. The molecular weight excluding hydrogens is 267 g/mol. The minimum atomic E-state index is -4.56. The van der Waals surface area contributed by atoms with Crippen LogP contribution in [0.3, 0.4) is 0 Å². The third kappa shape index (κ3) is 4.16. The van der Waals surface area contributed by atoms with Gasteiger partial charge in [-0.1, -0.05) is 32.9 Å². The lowest BCUT2D eigenvalue weighted by Gasteiger charge is -2.23. The summed E-state index contributed by atoms with van der Waals surface area (Å²) in [6.45, 7) is 5.58. The van der Waals surface area contributed by atoms with Crippen molar-refractivity contribution in [3.63, 3.8) is 0 Å². The third-order valence-corrected chi connectivity index (χ3v) is 3.49. The van der Waals surface area contributed by atoms with E-state index in [1.807, 2.05) is 12.1 Å². The van der Waals surface area contributed by atoms with E-state index in [0.717, 1.165) is 12.0 Å². The van der Waals surface area contributed by atoms with Gasteiger partial charge >= 0.3 is 6.18 Å². The molecule has 1 atom stereocenters. The maximum Gasteiger partial charge on any atom is 0.407 e. The molecule has 0 aliphatic carbocycles. The van der Waals surface area contributed by atoms with Crippen molar-refractivity contribution in [2.24, 2.45) is 5.92 Å². The number of benzene rings is 1. The zero-order chi connectivity index (χ0) is 15.4. The number of halogens is 3. The van der Waals surface area contributed by atoms with Crippen LogP contribution in [0.5, 0.6) is 5.75 Å². The molecule has 1 rings (SSSR count). The molecule has 0 aliphatic heterocycles. The Morgan fingerprint density at radius 3 is 2.15 bits per heavy atom. The van der Waals surface area contributed by atoms with Crippen LogP contribution >= 0.6 is 0 Å². The standard InChI is InChI=1S/C15H18F3NO/c1-4-14(2,3)11-5-7-13(8-6-11)20-10-12(9-19)15(16,17)18/h5-8,12H,4,10H2,1-3H3. The maximum atomic E-state index is 12.4. The zero-order valence-corrected chi connectivity index (χ0v) is 11.8. The second kappa shape index (κ2) is 6.17. The molecule has 0 saturated carbocycles. The molecule has 0 amide bonds. The Kier molecular flexibility index (Phi) is 5.04. The highest BCUT2D eigenvalue weighted by Gasteiger charge is 2.40. The van der Waals surface area contributed by atoms with Gasteiger partial charge in [0.1, 0.15) is 12.4 Å². The third-order valence-electron chi connectivity index (χ3n) is 3.49. The summed E-state index contributed by atoms with van der Waals surface area (Å²) in [4.78, 5) is 0. The van der Waals surface area contributed by atoms with E-state index in [1.165, 1.54) is 6.07 Å². The SMILES string of the molecule is CCC(C)(C)c1ccc(OCC(C#N)C(F)(F)F)cc1. The molecule has 0 bridgehead atoms. The average Bonchev–Trinajstić information content (AvgIpc) is 2.38. The van der Waals surface area contributed by atoms with Crippen LogP contribution in [0.2, 0.25) is 0 Å². The van der Waals surface area contributed by atoms with Crippen LogP contribution in [0.1, 0.15) is 32.8 Å². The molecule has 2 nitrogen and oxygen atoms in total. The topological polar surface area (TPSA) is 33.0 Å². The first-order chi connectivity index (χ1) is 9.20. The molecule has 1 unspecified atom stereocenters. The highest BCUT2D eigenvalue weighted by Crippen LogP contribution is 2.29.